The fraction of sp³-hybridized carbons (Fsp3) is 0.353. The fourth-order valence-corrected chi connectivity index (χ4v) is 2.83. The van der Waals surface area contributed by atoms with Gasteiger partial charge in [0.15, 0.2) is 11.5 Å². The van der Waals surface area contributed by atoms with Crippen LogP contribution in [0, 0.1) is 6.92 Å². The number of nitrogens with one attached hydrogen (secondary N) is 1. The Morgan fingerprint density at radius 3 is 2.86 bits per heavy atom. The van der Waals surface area contributed by atoms with Crippen LogP contribution in [0.1, 0.15) is 63.7 Å². The number of Topliss-reactive ketones (excluding diaryl/α,β-unsaturated/α-hetero) is 1. The predicted octanol–water partition coefficient (Wildman–Crippen LogP) is 2.99. The summed E-state index contributed by atoms with van der Waals surface area (Å²) in [5.41, 5.74) is 2.02. The standard InChI is InChI=1S/C17H18N2O3/c1-10-15-13(20)7-5-8-14(15)22-16(10)17(21)19-11(2)12-6-3-4-9-18-12/h3-4,6,9,11H,5,7-8H2,1-2H3,(H,19,21)/t11-/m0/s1. The maximum Gasteiger partial charge on any atom is 0.287 e. The topological polar surface area (TPSA) is 72.2 Å². The Morgan fingerprint density at radius 1 is 1.36 bits per heavy atom. The molecule has 1 atom stereocenters. The van der Waals surface area contributed by atoms with E-state index in [1.807, 2.05) is 25.1 Å². The van der Waals surface area contributed by atoms with E-state index in [1.165, 1.54) is 0 Å². The number of amides is 1. The first-order chi connectivity index (χ1) is 10.6. The zero-order valence-corrected chi connectivity index (χ0v) is 12.7. The molecule has 114 valence electrons. The monoisotopic (exact) mass is 298 g/mol. The SMILES string of the molecule is Cc1c(C(=O)N[C@@H](C)c2ccccn2)oc2c1C(=O)CCC2. The second kappa shape index (κ2) is 5.75. The van der Waals surface area contributed by atoms with Gasteiger partial charge in [0.05, 0.1) is 17.3 Å². The van der Waals surface area contributed by atoms with Crippen LogP contribution in [0.3, 0.4) is 0 Å². The molecular weight excluding hydrogens is 280 g/mol. The van der Waals surface area contributed by atoms with Crippen LogP contribution < -0.4 is 5.32 Å². The molecule has 0 unspecified atom stereocenters. The van der Waals surface area contributed by atoms with Gasteiger partial charge in [-0.05, 0) is 32.4 Å². The van der Waals surface area contributed by atoms with E-state index in [2.05, 4.69) is 10.3 Å². The minimum Gasteiger partial charge on any atom is -0.455 e. The Balaban J connectivity index is 1.83. The van der Waals surface area contributed by atoms with E-state index >= 15 is 0 Å². The number of carbonyl (C=O) groups is 2. The van der Waals surface area contributed by atoms with Gasteiger partial charge >= 0.3 is 0 Å². The maximum absolute atomic E-state index is 12.4. The summed E-state index contributed by atoms with van der Waals surface area (Å²) in [5, 5.41) is 2.87. The molecule has 1 amide bonds. The molecule has 1 N–H and O–H groups in total. The third-order valence-corrected chi connectivity index (χ3v) is 3.99. The molecule has 5 heteroatoms. The smallest absolute Gasteiger partial charge is 0.287 e. The van der Waals surface area contributed by atoms with Crippen LogP contribution >= 0.6 is 0 Å². The van der Waals surface area contributed by atoms with Crippen LogP contribution in [0.15, 0.2) is 28.8 Å². The van der Waals surface area contributed by atoms with Crippen LogP contribution in [0.5, 0.6) is 0 Å². The number of rotatable bonds is 3. The highest BCUT2D eigenvalue weighted by atomic mass is 16.4. The number of carbonyl (C=O) groups excluding carboxylic acids is 2. The highest BCUT2D eigenvalue weighted by molar-refractivity contribution is 6.03. The van der Waals surface area contributed by atoms with E-state index in [4.69, 9.17) is 4.42 Å². The van der Waals surface area contributed by atoms with Crippen LogP contribution in [0.4, 0.5) is 0 Å². The lowest BCUT2D eigenvalue weighted by Crippen LogP contribution is -2.27. The first kappa shape index (κ1) is 14.5. The van der Waals surface area contributed by atoms with Crippen molar-refractivity contribution in [2.45, 2.75) is 39.2 Å². The maximum atomic E-state index is 12.4. The summed E-state index contributed by atoms with van der Waals surface area (Å²) < 4.78 is 5.65. The van der Waals surface area contributed by atoms with Gasteiger partial charge in [-0.25, -0.2) is 0 Å². The van der Waals surface area contributed by atoms with Crippen LogP contribution in [0.2, 0.25) is 0 Å². The third-order valence-electron chi connectivity index (χ3n) is 3.99. The summed E-state index contributed by atoms with van der Waals surface area (Å²) in [5.74, 6) is 0.643. The average molecular weight is 298 g/mol. The molecule has 0 aliphatic heterocycles. The molecule has 5 nitrogen and oxygen atoms in total. The quantitative estimate of drug-likeness (QED) is 0.945. The molecule has 2 heterocycles. The number of nitrogens with zero attached hydrogens (tertiary/aromatic N) is 1. The molecule has 0 bridgehead atoms. The number of fused-ring (bicyclic) bond motifs is 1. The molecule has 2 aromatic heterocycles. The van der Waals surface area contributed by atoms with Gasteiger partial charge in [0.25, 0.3) is 5.91 Å². The summed E-state index contributed by atoms with van der Waals surface area (Å²) in [6.45, 7) is 3.63. The van der Waals surface area contributed by atoms with Gasteiger partial charge in [0.2, 0.25) is 0 Å². The number of furan rings is 1. The molecule has 0 fully saturated rings. The average Bonchev–Trinajstić information content (AvgIpc) is 2.86. The van der Waals surface area contributed by atoms with Crippen molar-refractivity contribution in [2.24, 2.45) is 0 Å². The number of hydrogen-bond acceptors (Lipinski definition) is 4. The Bertz CT molecular complexity index is 719. The van der Waals surface area contributed by atoms with E-state index in [1.54, 1.807) is 13.1 Å². The van der Waals surface area contributed by atoms with Crippen molar-refractivity contribution in [2.75, 3.05) is 0 Å². The van der Waals surface area contributed by atoms with Crippen molar-refractivity contribution in [3.05, 3.63) is 52.7 Å². The zero-order valence-electron chi connectivity index (χ0n) is 12.7. The normalized spacial score (nSPS) is 15.3. The van der Waals surface area contributed by atoms with E-state index in [-0.39, 0.29) is 23.5 Å². The molecule has 1 aliphatic rings. The molecular formula is C17H18N2O3. The predicted molar refractivity (Wildman–Crippen MR) is 80.8 cm³/mol. The first-order valence-electron chi connectivity index (χ1n) is 7.45. The molecule has 0 saturated heterocycles. The second-order valence-electron chi connectivity index (χ2n) is 5.58. The minimum absolute atomic E-state index is 0.0688. The van der Waals surface area contributed by atoms with Crippen molar-refractivity contribution in [1.29, 1.82) is 0 Å². The van der Waals surface area contributed by atoms with E-state index in [0.29, 0.717) is 29.7 Å². The van der Waals surface area contributed by atoms with Crippen LogP contribution in [-0.4, -0.2) is 16.7 Å². The zero-order chi connectivity index (χ0) is 15.7. The van der Waals surface area contributed by atoms with Gasteiger partial charge in [0.1, 0.15) is 5.76 Å². The van der Waals surface area contributed by atoms with Crippen molar-refractivity contribution < 1.29 is 14.0 Å². The Labute approximate surface area is 128 Å². The van der Waals surface area contributed by atoms with E-state index in [0.717, 1.165) is 12.1 Å². The largest absolute Gasteiger partial charge is 0.455 e. The first-order valence-corrected chi connectivity index (χ1v) is 7.45. The van der Waals surface area contributed by atoms with Crippen LogP contribution in [-0.2, 0) is 6.42 Å². The minimum atomic E-state index is -0.308. The molecule has 2 aromatic rings. The summed E-state index contributed by atoms with van der Waals surface area (Å²) in [6, 6.07) is 5.33. The summed E-state index contributed by atoms with van der Waals surface area (Å²) in [4.78, 5) is 28.6. The molecule has 0 saturated carbocycles. The van der Waals surface area contributed by atoms with Gasteiger partial charge in [-0.1, -0.05) is 6.07 Å². The molecule has 0 aromatic carbocycles. The second-order valence-corrected chi connectivity index (χ2v) is 5.58. The number of ketones is 1. The van der Waals surface area contributed by atoms with Gasteiger partial charge < -0.3 is 9.73 Å². The number of aryl methyl sites for hydroxylation is 1. The number of aromatic nitrogens is 1. The summed E-state index contributed by atoms with van der Waals surface area (Å²) in [7, 11) is 0. The third kappa shape index (κ3) is 2.54. The van der Waals surface area contributed by atoms with E-state index in [9.17, 15) is 9.59 Å². The molecule has 0 radical (unpaired) electrons. The Morgan fingerprint density at radius 2 is 2.18 bits per heavy atom. The van der Waals surface area contributed by atoms with Crippen molar-refractivity contribution in [1.82, 2.24) is 10.3 Å². The lowest BCUT2D eigenvalue weighted by atomic mass is 9.94. The number of pyridine rings is 1. The fourth-order valence-electron chi connectivity index (χ4n) is 2.83. The van der Waals surface area contributed by atoms with Crippen LogP contribution in [0.25, 0.3) is 0 Å². The highest BCUT2D eigenvalue weighted by Gasteiger charge is 2.29. The Kier molecular flexibility index (Phi) is 3.79. The lowest BCUT2D eigenvalue weighted by Gasteiger charge is -2.12. The molecule has 3 rings (SSSR count). The lowest BCUT2D eigenvalue weighted by molar-refractivity contribution is 0.0905. The van der Waals surface area contributed by atoms with Gasteiger partial charge in [0, 0.05) is 24.6 Å². The van der Waals surface area contributed by atoms with Crippen molar-refractivity contribution in [3.8, 4) is 0 Å². The van der Waals surface area contributed by atoms with Gasteiger partial charge in [-0.3, -0.25) is 14.6 Å². The molecule has 0 spiro atoms. The molecule has 1 aliphatic carbocycles. The van der Waals surface area contributed by atoms with Gasteiger partial charge in [-0.15, -0.1) is 0 Å². The molecule has 22 heavy (non-hydrogen) atoms. The van der Waals surface area contributed by atoms with Crippen molar-refractivity contribution >= 4 is 11.7 Å². The van der Waals surface area contributed by atoms with Gasteiger partial charge in [-0.2, -0.15) is 0 Å². The summed E-state index contributed by atoms with van der Waals surface area (Å²) in [6.07, 6.45) is 3.71. The summed E-state index contributed by atoms with van der Waals surface area (Å²) >= 11 is 0. The van der Waals surface area contributed by atoms with E-state index < -0.39 is 0 Å². The van der Waals surface area contributed by atoms with Crippen molar-refractivity contribution in [3.63, 3.8) is 0 Å². The number of hydrogen-bond donors (Lipinski definition) is 1. The Hall–Kier alpha value is -2.43. The highest BCUT2D eigenvalue weighted by Crippen LogP contribution is 2.29.